The number of rotatable bonds is 3. The molecule has 2 heterocycles. The van der Waals surface area contributed by atoms with E-state index in [0.29, 0.717) is 11.6 Å². The Bertz CT molecular complexity index is 716. The van der Waals surface area contributed by atoms with E-state index in [1.807, 2.05) is 36.1 Å². The number of benzene rings is 1. The Morgan fingerprint density at radius 2 is 2.35 bits per heavy atom. The fraction of sp³-hybridized carbons (Fsp3) is 0.412. The summed E-state index contributed by atoms with van der Waals surface area (Å²) in [4.78, 5) is 20.3. The maximum atomic E-state index is 13.1. The van der Waals surface area contributed by atoms with Crippen molar-refractivity contribution in [2.75, 3.05) is 19.6 Å². The van der Waals surface area contributed by atoms with Gasteiger partial charge in [0.2, 0.25) is 0 Å². The molecule has 1 N–H and O–H groups in total. The van der Waals surface area contributed by atoms with E-state index < -0.39 is 0 Å². The predicted molar refractivity (Wildman–Crippen MR) is 94.3 cm³/mol. The van der Waals surface area contributed by atoms with Gasteiger partial charge in [-0.2, -0.15) is 0 Å². The first kappa shape index (κ1) is 16.4. The van der Waals surface area contributed by atoms with Crippen molar-refractivity contribution in [2.45, 2.75) is 26.3 Å². The average Bonchev–Trinajstić information content (AvgIpc) is 2.95. The Labute approximate surface area is 145 Å². The highest BCUT2D eigenvalue weighted by Gasteiger charge is 2.30. The fourth-order valence-electron chi connectivity index (χ4n) is 2.89. The standard InChI is InChI=1S/C17H20ClN3OS/c1-3-15-20-11(2)16(23-15)17(22)21-8-7-19-10-14(21)12-5-4-6-13(18)9-12/h4-6,9,14,19H,3,7-8,10H2,1-2H3. The van der Waals surface area contributed by atoms with Gasteiger partial charge in [0, 0.05) is 24.7 Å². The Balaban J connectivity index is 1.91. The van der Waals surface area contributed by atoms with Gasteiger partial charge >= 0.3 is 0 Å². The van der Waals surface area contributed by atoms with E-state index in [1.165, 1.54) is 11.3 Å². The highest BCUT2D eigenvalue weighted by molar-refractivity contribution is 7.13. The van der Waals surface area contributed by atoms with Crippen LogP contribution in [0, 0.1) is 6.92 Å². The van der Waals surface area contributed by atoms with Gasteiger partial charge < -0.3 is 10.2 Å². The van der Waals surface area contributed by atoms with Crippen LogP contribution in [0.5, 0.6) is 0 Å². The molecule has 1 fully saturated rings. The SMILES string of the molecule is CCc1nc(C)c(C(=O)N2CCNCC2c2cccc(Cl)c2)s1. The molecule has 0 spiro atoms. The van der Waals surface area contributed by atoms with E-state index >= 15 is 0 Å². The summed E-state index contributed by atoms with van der Waals surface area (Å²) in [6.07, 6.45) is 0.859. The minimum atomic E-state index is 0.00141. The molecule has 1 aliphatic heterocycles. The lowest BCUT2D eigenvalue weighted by atomic mass is 10.0. The van der Waals surface area contributed by atoms with Crippen LogP contribution in [-0.4, -0.2) is 35.4 Å². The fourth-order valence-corrected chi connectivity index (χ4v) is 4.05. The number of carbonyl (C=O) groups is 1. The molecule has 1 unspecified atom stereocenters. The third-order valence-corrected chi connectivity index (χ3v) is 5.60. The predicted octanol–water partition coefficient (Wildman–Crippen LogP) is 3.45. The van der Waals surface area contributed by atoms with Gasteiger partial charge in [-0.25, -0.2) is 4.98 Å². The highest BCUT2D eigenvalue weighted by Crippen LogP contribution is 2.28. The minimum Gasteiger partial charge on any atom is -0.328 e. The van der Waals surface area contributed by atoms with Crippen LogP contribution in [-0.2, 0) is 6.42 Å². The van der Waals surface area contributed by atoms with Crippen molar-refractivity contribution in [2.24, 2.45) is 0 Å². The molecule has 23 heavy (non-hydrogen) atoms. The van der Waals surface area contributed by atoms with Crippen molar-refractivity contribution in [1.82, 2.24) is 15.2 Å². The molecule has 1 atom stereocenters. The quantitative estimate of drug-likeness (QED) is 0.923. The smallest absolute Gasteiger partial charge is 0.266 e. The van der Waals surface area contributed by atoms with E-state index in [4.69, 9.17) is 11.6 Å². The topological polar surface area (TPSA) is 45.2 Å². The second-order valence-corrected chi connectivity index (χ2v) is 7.17. The number of aryl methyl sites for hydroxylation is 2. The van der Waals surface area contributed by atoms with Crippen LogP contribution < -0.4 is 5.32 Å². The monoisotopic (exact) mass is 349 g/mol. The van der Waals surface area contributed by atoms with Gasteiger partial charge in [-0.05, 0) is 31.0 Å². The summed E-state index contributed by atoms with van der Waals surface area (Å²) in [6.45, 7) is 6.21. The maximum Gasteiger partial charge on any atom is 0.266 e. The van der Waals surface area contributed by atoms with Crippen LogP contribution in [0.2, 0.25) is 5.02 Å². The average molecular weight is 350 g/mol. The molecule has 0 radical (unpaired) electrons. The molecule has 0 bridgehead atoms. The summed E-state index contributed by atoms with van der Waals surface area (Å²) in [5.74, 6) is 0.0752. The second-order valence-electron chi connectivity index (χ2n) is 5.65. The first-order valence-electron chi connectivity index (χ1n) is 7.83. The van der Waals surface area contributed by atoms with Crippen LogP contribution >= 0.6 is 22.9 Å². The normalized spacial score (nSPS) is 18.2. The summed E-state index contributed by atoms with van der Waals surface area (Å²) < 4.78 is 0. The number of hydrogen-bond donors (Lipinski definition) is 1. The Kier molecular flexibility index (Phi) is 4.99. The van der Waals surface area contributed by atoms with Gasteiger partial charge in [-0.3, -0.25) is 4.79 Å². The number of nitrogens with one attached hydrogen (secondary N) is 1. The zero-order valence-electron chi connectivity index (χ0n) is 13.3. The molecule has 1 aliphatic rings. The molecule has 122 valence electrons. The number of thiazole rings is 1. The number of aromatic nitrogens is 1. The number of hydrogen-bond acceptors (Lipinski definition) is 4. The Morgan fingerprint density at radius 1 is 1.52 bits per heavy atom. The molecule has 1 aromatic heterocycles. The first-order chi connectivity index (χ1) is 11.1. The van der Waals surface area contributed by atoms with Crippen LogP contribution in [0.4, 0.5) is 0 Å². The molecule has 1 aromatic carbocycles. The van der Waals surface area contributed by atoms with Crippen molar-refractivity contribution < 1.29 is 4.79 Å². The van der Waals surface area contributed by atoms with Gasteiger partial charge in [0.1, 0.15) is 4.88 Å². The number of halogens is 1. The molecule has 0 aliphatic carbocycles. The summed E-state index contributed by atoms with van der Waals surface area (Å²) in [6, 6.07) is 7.76. The highest BCUT2D eigenvalue weighted by atomic mass is 35.5. The number of nitrogens with zero attached hydrogens (tertiary/aromatic N) is 2. The molecular formula is C17H20ClN3OS. The van der Waals surface area contributed by atoms with Crippen molar-refractivity contribution >= 4 is 28.8 Å². The summed E-state index contributed by atoms with van der Waals surface area (Å²) in [5.41, 5.74) is 1.90. The third kappa shape index (κ3) is 3.42. The van der Waals surface area contributed by atoms with E-state index in [1.54, 1.807) is 0 Å². The van der Waals surface area contributed by atoms with Crippen molar-refractivity contribution in [3.63, 3.8) is 0 Å². The lowest BCUT2D eigenvalue weighted by Crippen LogP contribution is -2.48. The van der Waals surface area contributed by atoms with E-state index in [0.717, 1.165) is 40.7 Å². The maximum absolute atomic E-state index is 13.1. The van der Waals surface area contributed by atoms with Gasteiger partial charge in [-0.1, -0.05) is 30.7 Å². The number of amides is 1. The number of carbonyl (C=O) groups excluding carboxylic acids is 1. The van der Waals surface area contributed by atoms with Crippen molar-refractivity contribution in [1.29, 1.82) is 0 Å². The zero-order chi connectivity index (χ0) is 16.4. The van der Waals surface area contributed by atoms with Crippen molar-refractivity contribution in [3.05, 3.63) is 50.4 Å². The molecule has 1 amide bonds. The largest absolute Gasteiger partial charge is 0.328 e. The lowest BCUT2D eigenvalue weighted by Gasteiger charge is -2.36. The number of piperazine rings is 1. The lowest BCUT2D eigenvalue weighted by molar-refractivity contribution is 0.0638. The molecule has 0 saturated carbocycles. The molecule has 3 rings (SSSR count). The van der Waals surface area contributed by atoms with Crippen LogP contribution in [0.15, 0.2) is 24.3 Å². The van der Waals surface area contributed by atoms with Gasteiger partial charge in [0.25, 0.3) is 5.91 Å². The van der Waals surface area contributed by atoms with Crippen LogP contribution in [0.25, 0.3) is 0 Å². The molecule has 1 saturated heterocycles. The molecule has 2 aromatic rings. The molecule has 6 heteroatoms. The Hall–Kier alpha value is -1.43. The minimum absolute atomic E-state index is 0.00141. The van der Waals surface area contributed by atoms with Crippen LogP contribution in [0.3, 0.4) is 0 Å². The molecule has 4 nitrogen and oxygen atoms in total. The summed E-state index contributed by atoms with van der Waals surface area (Å²) >= 11 is 7.64. The third-order valence-electron chi connectivity index (χ3n) is 4.08. The van der Waals surface area contributed by atoms with E-state index in [-0.39, 0.29) is 11.9 Å². The summed E-state index contributed by atoms with van der Waals surface area (Å²) in [7, 11) is 0. The second kappa shape index (κ2) is 6.99. The summed E-state index contributed by atoms with van der Waals surface area (Å²) in [5, 5.41) is 5.08. The van der Waals surface area contributed by atoms with Crippen molar-refractivity contribution in [3.8, 4) is 0 Å². The van der Waals surface area contributed by atoms with Crippen LogP contribution in [0.1, 0.15) is 38.9 Å². The van der Waals surface area contributed by atoms with E-state index in [2.05, 4.69) is 17.2 Å². The van der Waals surface area contributed by atoms with Gasteiger partial charge in [-0.15, -0.1) is 11.3 Å². The van der Waals surface area contributed by atoms with Gasteiger partial charge in [0.15, 0.2) is 0 Å². The van der Waals surface area contributed by atoms with E-state index in [9.17, 15) is 4.79 Å². The first-order valence-corrected chi connectivity index (χ1v) is 9.03. The molecular weight excluding hydrogens is 330 g/mol. The zero-order valence-corrected chi connectivity index (χ0v) is 14.9. The van der Waals surface area contributed by atoms with Gasteiger partial charge in [0.05, 0.1) is 16.7 Å². The Morgan fingerprint density at radius 3 is 3.04 bits per heavy atom.